The number of nitrogens with zero attached hydrogens (tertiary/aromatic N) is 2. The molecule has 2 aliphatic heterocycles. The number of hydrogen-bond donors (Lipinski definition) is 1. The summed E-state index contributed by atoms with van der Waals surface area (Å²) in [6.07, 6.45) is 6.08. The Morgan fingerprint density at radius 2 is 1.71 bits per heavy atom. The van der Waals surface area contributed by atoms with Crippen LogP contribution in [0.3, 0.4) is 0 Å². The van der Waals surface area contributed by atoms with E-state index in [0.717, 1.165) is 51.6 Å². The van der Waals surface area contributed by atoms with Crippen LogP contribution in [0, 0.1) is 11.8 Å². The Morgan fingerprint density at radius 3 is 2.29 bits per heavy atom. The van der Waals surface area contributed by atoms with Crippen LogP contribution in [0.1, 0.15) is 44.9 Å². The number of fused-ring (bicyclic) bond motifs is 1. The summed E-state index contributed by atoms with van der Waals surface area (Å²) in [4.78, 5) is 40.4. The number of amides is 3. The molecule has 0 aromatic rings. The molecular formula is C17H28ClN3O3. The smallest absolute Gasteiger partial charge is 0.233 e. The number of piperidine rings is 1. The van der Waals surface area contributed by atoms with Gasteiger partial charge < -0.3 is 10.2 Å². The Labute approximate surface area is 149 Å². The molecule has 3 rings (SSSR count). The summed E-state index contributed by atoms with van der Waals surface area (Å²) in [5, 5.41) is 3.22. The van der Waals surface area contributed by atoms with E-state index in [2.05, 4.69) is 5.32 Å². The summed E-state index contributed by atoms with van der Waals surface area (Å²) < 4.78 is 0. The minimum absolute atomic E-state index is 0. The predicted octanol–water partition coefficient (Wildman–Crippen LogP) is 1.18. The summed E-state index contributed by atoms with van der Waals surface area (Å²) in [5.41, 5.74) is 0. The van der Waals surface area contributed by atoms with Gasteiger partial charge in [-0.05, 0) is 32.7 Å². The van der Waals surface area contributed by atoms with Gasteiger partial charge in [0.2, 0.25) is 17.7 Å². The third-order valence-electron chi connectivity index (χ3n) is 5.66. The molecule has 3 aliphatic rings. The minimum Gasteiger partial charge on any atom is -0.341 e. The van der Waals surface area contributed by atoms with Crippen molar-refractivity contribution >= 4 is 30.1 Å². The van der Waals surface area contributed by atoms with Crippen molar-refractivity contribution in [2.24, 2.45) is 11.8 Å². The van der Waals surface area contributed by atoms with Gasteiger partial charge in [0.05, 0.1) is 11.8 Å². The second kappa shape index (κ2) is 8.30. The third-order valence-corrected chi connectivity index (χ3v) is 5.66. The lowest BCUT2D eigenvalue weighted by molar-refractivity contribution is -0.141. The Kier molecular flexibility index (Phi) is 6.63. The number of hydrogen-bond acceptors (Lipinski definition) is 4. The lowest BCUT2D eigenvalue weighted by Crippen LogP contribution is -2.47. The predicted molar refractivity (Wildman–Crippen MR) is 92.7 cm³/mol. The molecule has 2 heterocycles. The van der Waals surface area contributed by atoms with Crippen LogP contribution in [0.2, 0.25) is 0 Å². The molecule has 0 aromatic heterocycles. The van der Waals surface area contributed by atoms with Gasteiger partial charge in [-0.25, -0.2) is 0 Å². The number of likely N-dealkylation sites (tertiary alicyclic amines) is 2. The fraction of sp³-hybridized carbons (Fsp3) is 0.824. The van der Waals surface area contributed by atoms with Crippen molar-refractivity contribution in [1.29, 1.82) is 0 Å². The maximum absolute atomic E-state index is 12.4. The molecule has 1 N–H and O–H groups in total. The standard InChI is InChI=1S/C17H27N3O3.ClH/c1-18-12-5-4-9-19(11-12)15(21)8-10-20-16(22)13-6-2-3-7-14(13)17(20)23;/h12-14,18H,2-11H2,1H3;1H. The van der Waals surface area contributed by atoms with Crippen LogP contribution in [0.15, 0.2) is 0 Å². The van der Waals surface area contributed by atoms with Crippen LogP contribution in [0.5, 0.6) is 0 Å². The van der Waals surface area contributed by atoms with E-state index in [-0.39, 0.29) is 54.9 Å². The third kappa shape index (κ3) is 3.75. The molecule has 1 aliphatic carbocycles. The highest BCUT2D eigenvalue weighted by Crippen LogP contribution is 2.38. The highest BCUT2D eigenvalue weighted by molar-refractivity contribution is 6.05. The average molecular weight is 358 g/mol. The molecular weight excluding hydrogens is 330 g/mol. The second-order valence-corrected chi connectivity index (χ2v) is 7.04. The Hall–Kier alpha value is -1.14. The highest BCUT2D eigenvalue weighted by Gasteiger charge is 2.47. The SMILES string of the molecule is CNC1CCCN(C(=O)CCN2C(=O)C3CCCCC3C2=O)C1.Cl. The Balaban J connectivity index is 0.00000208. The molecule has 3 fully saturated rings. The van der Waals surface area contributed by atoms with E-state index in [1.807, 2.05) is 11.9 Å². The van der Waals surface area contributed by atoms with E-state index >= 15 is 0 Å². The first-order chi connectivity index (χ1) is 11.1. The molecule has 136 valence electrons. The first-order valence-electron chi connectivity index (χ1n) is 8.92. The van der Waals surface area contributed by atoms with Crippen LogP contribution >= 0.6 is 12.4 Å². The summed E-state index contributed by atoms with van der Waals surface area (Å²) in [6, 6.07) is 0.352. The molecule has 6 nitrogen and oxygen atoms in total. The van der Waals surface area contributed by atoms with Crippen molar-refractivity contribution in [1.82, 2.24) is 15.1 Å². The summed E-state index contributed by atoms with van der Waals surface area (Å²) in [5.74, 6) is -0.260. The van der Waals surface area contributed by atoms with E-state index in [1.165, 1.54) is 4.90 Å². The zero-order valence-electron chi connectivity index (χ0n) is 14.3. The maximum Gasteiger partial charge on any atom is 0.233 e. The number of nitrogens with one attached hydrogen (secondary N) is 1. The van der Waals surface area contributed by atoms with Crippen LogP contribution in [0.25, 0.3) is 0 Å². The zero-order chi connectivity index (χ0) is 16.4. The summed E-state index contributed by atoms with van der Waals surface area (Å²) in [7, 11) is 1.92. The van der Waals surface area contributed by atoms with Gasteiger partial charge in [-0.1, -0.05) is 12.8 Å². The van der Waals surface area contributed by atoms with Gasteiger partial charge in [-0.3, -0.25) is 19.3 Å². The molecule has 1 saturated carbocycles. The van der Waals surface area contributed by atoms with E-state index in [9.17, 15) is 14.4 Å². The number of likely N-dealkylation sites (N-methyl/N-ethyl adjacent to an activating group) is 1. The van der Waals surface area contributed by atoms with Gasteiger partial charge in [0, 0.05) is 32.1 Å². The van der Waals surface area contributed by atoms with E-state index in [0.29, 0.717) is 6.04 Å². The van der Waals surface area contributed by atoms with Gasteiger partial charge in [0.25, 0.3) is 0 Å². The van der Waals surface area contributed by atoms with Crippen molar-refractivity contribution in [2.45, 2.75) is 51.0 Å². The molecule has 7 heteroatoms. The largest absolute Gasteiger partial charge is 0.341 e. The molecule has 0 bridgehead atoms. The lowest BCUT2D eigenvalue weighted by atomic mass is 9.81. The first-order valence-corrected chi connectivity index (χ1v) is 8.92. The number of halogens is 1. The molecule has 24 heavy (non-hydrogen) atoms. The van der Waals surface area contributed by atoms with Crippen LogP contribution in [0.4, 0.5) is 0 Å². The Bertz CT molecular complexity index is 475. The highest BCUT2D eigenvalue weighted by atomic mass is 35.5. The zero-order valence-corrected chi connectivity index (χ0v) is 15.1. The van der Waals surface area contributed by atoms with Crippen LogP contribution in [-0.4, -0.2) is 60.2 Å². The van der Waals surface area contributed by atoms with E-state index in [4.69, 9.17) is 0 Å². The molecule has 3 amide bonds. The van der Waals surface area contributed by atoms with Crippen molar-refractivity contribution in [3.05, 3.63) is 0 Å². The molecule has 2 saturated heterocycles. The van der Waals surface area contributed by atoms with Crippen molar-refractivity contribution in [3.8, 4) is 0 Å². The monoisotopic (exact) mass is 357 g/mol. The van der Waals surface area contributed by atoms with Crippen LogP contribution < -0.4 is 5.32 Å². The maximum atomic E-state index is 12.4. The normalized spacial score (nSPS) is 30.1. The average Bonchev–Trinajstić information content (AvgIpc) is 2.84. The van der Waals surface area contributed by atoms with Crippen LogP contribution in [-0.2, 0) is 14.4 Å². The van der Waals surface area contributed by atoms with Gasteiger partial charge in [0.1, 0.15) is 0 Å². The first kappa shape index (κ1) is 19.2. The second-order valence-electron chi connectivity index (χ2n) is 7.04. The summed E-state index contributed by atoms with van der Waals surface area (Å²) >= 11 is 0. The number of imide groups is 1. The van der Waals surface area contributed by atoms with Gasteiger partial charge in [-0.2, -0.15) is 0 Å². The van der Waals surface area contributed by atoms with Crippen molar-refractivity contribution in [3.63, 3.8) is 0 Å². The van der Waals surface area contributed by atoms with Gasteiger partial charge >= 0.3 is 0 Å². The molecule has 0 spiro atoms. The molecule has 3 atom stereocenters. The number of carbonyl (C=O) groups is 3. The molecule has 0 aromatic carbocycles. The lowest BCUT2D eigenvalue weighted by Gasteiger charge is -2.33. The molecule has 3 unspecified atom stereocenters. The fourth-order valence-corrected chi connectivity index (χ4v) is 4.26. The van der Waals surface area contributed by atoms with Crippen molar-refractivity contribution < 1.29 is 14.4 Å². The van der Waals surface area contributed by atoms with E-state index < -0.39 is 0 Å². The number of carbonyl (C=O) groups excluding carboxylic acids is 3. The quantitative estimate of drug-likeness (QED) is 0.767. The minimum atomic E-state index is -0.116. The van der Waals surface area contributed by atoms with Crippen molar-refractivity contribution in [2.75, 3.05) is 26.7 Å². The Morgan fingerprint density at radius 1 is 1.08 bits per heavy atom. The number of rotatable bonds is 4. The van der Waals surface area contributed by atoms with Gasteiger partial charge in [0.15, 0.2) is 0 Å². The molecule has 0 radical (unpaired) electrons. The van der Waals surface area contributed by atoms with E-state index in [1.54, 1.807) is 0 Å². The fourth-order valence-electron chi connectivity index (χ4n) is 4.26. The topological polar surface area (TPSA) is 69.7 Å². The summed E-state index contributed by atoms with van der Waals surface area (Å²) in [6.45, 7) is 1.76. The van der Waals surface area contributed by atoms with Gasteiger partial charge in [-0.15, -0.1) is 12.4 Å².